The van der Waals surface area contributed by atoms with Crippen molar-refractivity contribution in [2.24, 2.45) is 0 Å². The van der Waals surface area contributed by atoms with Gasteiger partial charge >= 0.3 is 0 Å². The number of fused-ring (bicyclic) bond motifs is 1. The van der Waals surface area contributed by atoms with E-state index in [9.17, 15) is 4.79 Å². The van der Waals surface area contributed by atoms with Gasteiger partial charge in [-0.2, -0.15) is 0 Å². The molecule has 2 N–H and O–H groups in total. The third kappa shape index (κ3) is 4.61. The van der Waals surface area contributed by atoms with Crippen LogP contribution in [0.3, 0.4) is 0 Å². The Hall–Kier alpha value is -2.55. The largest absolute Gasteiger partial charge is 0.332 e. The molecule has 0 spiro atoms. The summed E-state index contributed by atoms with van der Waals surface area (Å²) < 4.78 is 1.01. The fourth-order valence-electron chi connectivity index (χ4n) is 3.02. The second-order valence-corrected chi connectivity index (χ2v) is 8.47. The van der Waals surface area contributed by atoms with E-state index in [1.165, 1.54) is 0 Å². The van der Waals surface area contributed by atoms with E-state index in [2.05, 4.69) is 33.2 Å². The smallest absolute Gasteiger partial charge is 0.258 e. The first-order valence-corrected chi connectivity index (χ1v) is 10.9. The third-order valence-corrected chi connectivity index (χ3v) is 5.85. The molecular weight excluding hydrogens is 529 g/mol. The molecule has 0 unspecified atom stereocenters. The number of carbonyl (C=O) groups is 1. The molecule has 1 aromatic heterocycles. The summed E-state index contributed by atoms with van der Waals surface area (Å²) in [5, 5.41) is 7.49. The number of thiocarbonyl (C=S) groups is 1. The highest BCUT2D eigenvalue weighted by Gasteiger charge is 2.15. The van der Waals surface area contributed by atoms with Gasteiger partial charge in [0.15, 0.2) is 5.11 Å². The van der Waals surface area contributed by atoms with Crippen molar-refractivity contribution in [3.8, 4) is 11.3 Å². The fraction of sp³-hybridized carbons (Fsp3) is 0. The Morgan fingerprint density at radius 2 is 1.67 bits per heavy atom. The van der Waals surface area contributed by atoms with Gasteiger partial charge in [-0.05, 0) is 71.2 Å². The summed E-state index contributed by atoms with van der Waals surface area (Å²) in [6, 6.07) is 24.4. The molecule has 4 aromatic rings. The number of nitrogens with one attached hydrogen (secondary N) is 2. The predicted molar refractivity (Wildman–Crippen MR) is 135 cm³/mol. The van der Waals surface area contributed by atoms with Gasteiger partial charge in [-0.25, -0.2) is 4.98 Å². The van der Waals surface area contributed by atoms with Crippen LogP contribution in [-0.4, -0.2) is 16.0 Å². The van der Waals surface area contributed by atoms with E-state index in [-0.39, 0.29) is 11.0 Å². The Balaban J connectivity index is 1.66. The molecule has 7 heteroatoms. The van der Waals surface area contributed by atoms with Crippen LogP contribution < -0.4 is 10.6 Å². The highest BCUT2D eigenvalue weighted by atomic mass is 127. The van der Waals surface area contributed by atoms with Crippen molar-refractivity contribution in [3.05, 3.63) is 93.0 Å². The lowest BCUT2D eigenvalue weighted by molar-refractivity contribution is 0.0979. The summed E-state index contributed by atoms with van der Waals surface area (Å²) >= 11 is 13.6. The molecule has 0 aliphatic heterocycles. The number of benzene rings is 3. The molecule has 4 rings (SSSR count). The summed E-state index contributed by atoms with van der Waals surface area (Å²) in [5.41, 5.74) is 3.62. The van der Waals surface area contributed by atoms with Crippen molar-refractivity contribution in [1.29, 1.82) is 0 Å². The second kappa shape index (κ2) is 9.07. The van der Waals surface area contributed by atoms with Crippen LogP contribution in [-0.2, 0) is 0 Å². The average molecular weight is 544 g/mol. The Labute approximate surface area is 197 Å². The van der Waals surface area contributed by atoms with E-state index in [1.54, 1.807) is 18.2 Å². The maximum Gasteiger partial charge on any atom is 0.258 e. The first-order valence-electron chi connectivity index (χ1n) is 9.04. The number of carbonyl (C=O) groups excluding carboxylic acids is 1. The number of nitrogens with zero attached hydrogens (tertiary/aromatic N) is 1. The predicted octanol–water partition coefficient (Wildman–Crippen LogP) is 6.29. The normalized spacial score (nSPS) is 10.6. The number of rotatable bonds is 3. The first-order chi connectivity index (χ1) is 14.5. The zero-order valence-electron chi connectivity index (χ0n) is 15.5. The van der Waals surface area contributed by atoms with E-state index >= 15 is 0 Å². The zero-order valence-corrected chi connectivity index (χ0v) is 19.3. The quantitative estimate of drug-likeness (QED) is 0.236. The van der Waals surface area contributed by atoms with Gasteiger partial charge in [0.05, 0.1) is 22.5 Å². The van der Waals surface area contributed by atoms with Crippen molar-refractivity contribution in [2.45, 2.75) is 0 Å². The Bertz CT molecular complexity index is 1260. The highest BCUT2D eigenvalue weighted by molar-refractivity contribution is 14.1. The van der Waals surface area contributed by atoms with Crippen LogP contribution in [0, 0.1) is 3.57 Å². The number of halogens is 2. The monoisotopic (exact) mass is 543 g/mol. The van der Waals surface area contributed by atoms with Crippen LogP contribution in [0.4, 0.5) is 5.69 Å². The Morgan fingerprint density at radius 3 is 2.43 bits per heavy atom. The van der Waals surface area contributed by atoms with E-state index in [1.807, 2.05) is 60.7 Å². The molecule has 1 heterocycles. The molecule has 0 saturated heterocycles. The maximum atomic E-state index is 13.1. The molecule has 0 saturated carbocycles. The van der Waals surface area contributed by atoms with Crippen molar-refractivity contribution in [1.82, 2.24) is 10.3 Å². The number of amides is 1. The summed E-state index contributed by atoms with van der Waals surface area (Å²) in [4.78, 5) is 17.8. The van der Waals surface area contributed by atoms with E-state index in [0.717, 1.165) is 25.7 Å². The second-order valence-electron chi connectivity index (χ2n) is 6.47. The molecule has 3 aromatic carbocycles. The number of aromatic nitrogens is 1. The summed E-state index contributed by atoms with van der Waals surface area (Å²) in [6.45, 7) is 0. The van der Waals surface area contributed by atoms with E-state index < -0.39 is 0 Å². The molecule has 0 atom stereocenters. The van der Waals surface area contributed by atoms with Gasteiger partial charge in [0.25, 0.3) is 5.91 Å². The molecular formula is C23H15ClIN3OS. The molecule has 0 fully saturated rings. The standard InChI is InChI=1S/C23H15ClIN3OS/c24-15-11-9-14(10-12-15)21-13-17(16-5-1-3-7-19(16)26-21)22(29)28-23(30)27-20-8-4-2-6-18(20)25/h1-13H,(H2,27,28,29,30). The van der Waals surface area contributed by atoms with Crippen LogP contribution in [0.25, 0.3) is 22.2 Å². The minimum Gasteiger partial charge on any atom is -0.332 e. The van der Waals surface area contributed by atoms with Gasteiger partial charge in [-0.1, -0.05) is 54.1 Å². The van der Waals surface area contributed by atoms with Crippen molar-refractivity contribution >= 4 is 74.0 Å². The van der Waals surface area contributed by atoms with Gasteiger partial charge in [0.1, 0.15) is 0 Å². The summed E-state index contributed by atoms with van der Waals surface area (Å²) in [7, 11) is 0. The molecule has 148 valence electrons. The van der Waals surface area contributed by atoms with Crippen LogP contribution in [0.5, 0.6) is 0 Å². The van der Waals surface area contributed by atoms with Gasteiger partial charge < -0.3 is 5.32 Å². The molecule has 30 heavy (non-hydrogen) atoms. The third-order valence-electron chi connectivity index (χ3n) is 4.45. The lowest BCUT2D eigenvalue weighted by Crippen LogP contribution is -2.34. The van der Waals surface area contributed by atoms with Crippen molar-refractivity contribution in [3.63, 3.8) is 0 Å². The molecule has 0 radical (unpaired) electrons. The van der Waals surface area contributed by atoms with Crippen molar-refractivity contribution < 1.29 is 4.79 Å². The number of hydrogen-bond donors (Lipinski definition) is 2. The minimum atomic E-state index is -0.299. The number of para-hydroxylation sites is 2. The van der Waals surface area contributed by atoms with Crippen LogP contribution in [0.1, 0.15) is 10.4 Å². The molecule has 1 amide bonds. The number of hydrogen-bond acceptors (Lipinski definition) is 3. The highest BCUT2D eigenvalue weighted by Crippen LogP contribution is 2.26. The lowest BCUT2D eigenvalue weighted by atomic mass is 10.0. The molecule has 4 nitrogen and oxygen atoms in total. The number of pyridine rings is 1. The lowest BCUT2D eigenvalue weighted by Gasteiger charge is -2.13. The zero-order chi connectivity index (χ0) is 21.1. The minimum absolute atomic E-state index is 0.234. The topological polar surface area (TPSA) is 54.0 Å². The number of anilines is 1. The van der Waals surface area contributed by atoms with Crippen LogP contribution in [0.2, 0.25) is 5.02 Å². The Kier molecular flexibility index (Phi) is 6.26. The first kappa shape index (κ1) is 20.7. The summed E-state index contributed by atoms with van der Waals surface area (Å²) in [6.07, 6.45) is 0. The van der Waals surface area contributed by atoms with Gasteiger partial charge in [-0.3, -0.25) is 10.1 Å². The van der Waals surface area contributed by atoms with Crippen molar-refractivity contribution in [2.75, 3.05) is 5.32 Å². The molecule has 0 aliphatic carbocycles. The van der Waals surface area contributed by atoms with E-state index in [4.69, 9.17) is 28.8 Å². The van der Waals surface area contributed by atoms with Gasteiger partial charge in [-0.15, -0.1) is 0 Å². The van der Waals surface area contributed by atoms with Crippen LogP contribution in [0.15, 0.2) is 78.9 Å². The van der Waals surface area contributed by atoms with E-state index in [0.29, 0.717) is 16.3 Å². The summed E-state index contributed by atoms with van der Waals surface area (Å²) in [5.74, 6) is -0.299. The maximum absolute atomic E-state index is 13.1. The Morgan fingerprint density at radius 1 is 0.967 bits per heavy atom. The molecule has 0 bridgehead atoms. The fourth-order valence-corrected chi connectivity index (χ4v) is 3.87. The van der Waals surface area contributed by atoms with Gasteiger partial charge in [0, 0.05) is 19.5 Å². The average Bonchev–Trinajstić information content (AvgIpc) is 2.75. The van der Waals surface area contributed by atoms with Gasteiger partial charge in [0.2, 0.25) is 0 Å². The van der Waals surface area contributed by atoms with Crippen LogP contribution >= 0.6 is 46.4 Å². The molecule has 0 aliphatic rings. The SMILES string of the molecule is O=C(NC(=S)Nc1ccccc1I)c1cc(-c2ccc(Cl)cc2)nc2ccccc12.